The lowest BCUT2D eigenvalue weighted by Crippen LogP contribution is -2.28. The summed E-state index contributed by atoms with van der Waals surface area (Å²) in [5.41, 5.74) is 2.89. The Labute approximate surface area is 138 Å². The minimum Gasteiger partial charge on any atom is -0.295 e. The van der Waals surface area contributed by atoms with Crippen LogP contribution < -0.4 is 4.90 Å². The number of amides is 1. The van der Waals surface area contributed by atoms with E-state index in [0.29, 0.717) is 15.8 Å². The molecule has 3 rings (SSSR count). The summed E-state index contributed by atoms with van der Waals surface area (Å²) in [6, 6.07) is 13.5. The third kappa shape index (κ3) is 2.78. The van der Waals surface area contributed by atoms with Crippen molar-refractivity contribution in [2.45, 2.75) is 12.3 Å². The standard InChI is InChI=1S/C16H13Cl2NOS/c1-10-4-2-5-11(8-10)19-14(20)9-21-16(19)12-6-3-7-13(17)15(12)18/h2-8,16H,9H2,1H3. The second-order valence-electron chi connectivity index (χ2n) is 4.91. The highest BCUT2D eigenvalue weighted by molar-refractivity contribution is 8.00. The highest BCUT2D eigenvalue weighted by Crippen LogP contribution is 2.45. The number of thioether (sulfide) groups is 1. The van der Waals surface area contributed by atoms with Crippen molar-refractivity contribution in [3.63, 3.8) is 0 Å². The van der Waals surface area contributed by atoms with Crippen molar-refractivity contribution in [2.24, 2.45) is 0 Å². The summed E-state index contributed by atoms with van der Waals surface area (Å²) in [6.07, 6.45) is 0. The zero-order valence-electron chi connectivity index (χ0n) is 11.3. The third-order valence-corrected chi connectivity index (χ3v) is 5.42. The Balaban J connectivity index is 2.06. The van der Waals surface area contributed by atoms with E-state index in [1.807, 2.05) is 43.3 Å². The maximum atomic E-state index is 12.3. The number of aryl methyl sites for hydroxylation is 1. The van der Waals surface area contributed by atoms with Crippen molar-refractivity contribution >= 4 is 46.6 Å². The normalized spacial score (nSPS) is 18.3. The van der Waals surface area contributed by atoms with E-state index in [1.165, 1.54) is 0 Å². The fraction of sp³-hybridized carbons (Fsp3) is 0.188. The number of nitrogens with zero attached hydrogens (tertiary/aromatic N) is 1. The van der Waals surface area contributed by atoms with Gasteiger partial charge in [-0.05, 0) is 30.7 Å². The zero-order chi connectivity index (χ0) is 15.0. The van der Waals surface area contributed by atoms with Gasteiger partial charge in [0.25, 0.3) is 0 Å². The van der Waals surface area contributed by atoms with Crippen molar-refractivity contribution in [3.05, 3.63) is 63.6 Å². The van der Waals surface area contributed by atoms with E-state index in [4.69, 9.17) is 23.2 Å². The molecule has 0 aliphatic carbocycles. The fourth-order valence-electron chi connectivity index (χ4n) is 2.42. The van der Waals surface area contributed by atoms with Crippen LogP contribution in [0.2, 0.25) is 10.0 Å². The minimum atomic E-state index is -0.134. The molecule has 5 heteroatoms. The summed E-state index contributed by atoms with van der Waals surface area (Å²) in [4.78, 5) is 14.1. The Bertz CT molecular complexity index is 704. The van der Waals surface area contributed by atoms with Gasteiger partial charge in [-0.15, -0.1) is 11.8 Å². The Morgan fingerprint density at radius 2 is 1.95 bits per heavy atom. The minimum absolute atomic E-state index is 0.0895. The first kappa shape index (κ1) is 14.8. The molecule has 0 radical (unpaired) electrons. The van der Waals surface area contributed by atoms with Gasteiger partial charge in [-0.25, -0.2) is 0 Å². The molecule has 0 bridgehead atoms. The van der Waals surface area contributed by atoms with Crippen LogP contribution in [0.25, 0.3) is 0 Å². The molecule has 0 aromatic heterocycles. The molecule has 2 aromatic rings. The molecule has 1 amide bonds. The van der Waals surface area contributed by atoms with E-state index in [-0.39, 0.29) is 11.3 Å². The Morgan fingerprint density at radius 1 is 1.19 bits per heavy atom. The smallest absolute Gasteiger partial charge is 0.238 e. The van der Waals surface area contributed by atoms with Crippen molar-refractivity contribution in [2.75, 3.05) is 10.7 Å². The summed E-state index contributed by atoms with van der Waals surface area (Å²) in [5.74, 6) is 0.535. The molecule has 108 valence electrons. The van der Waals surface area contributed by atoms with Crippen molar-refractivity contribution in [3.8, 4) is 0 Å². The average Bonchev–Trinajstić information content (AvgIpc) is 2.83. The van der Waals surface area contributed by atoms with Crippen LogP contribution in [0.1, 0.15) is 16.5 Å². The number of carbonyl (C=O) groups is 1. The molecule has 1 aliphatic rings. The maximum absolute atomic E-state index is 12.3. The van der Waals surface area contributed by atoms with Crippen LogP contribution in [0.15, 0.2) is 42.5 Å². The first-order chi connectivity index (χ1) is 10.1. The lowest BCUT2D eigenvalue weighted by molar-refractivity contribution is -0.115. The summed E-state index contributed by atoms with van der Waals surface area (Å²) >= 11 is 14.0. The second kappa shape index (κ2) is 5.91. The van der Waals surface area contributed by atoms with Gasteiger partial charge in [0.05, 0.1) is 15.8 Å². The molecule has 0 N–H and O–H groups in total. The highest BCUT2D eigenvalue weighted by Gasteiger charge is 2.35. The lowest BCUT2D eigenvalue weighted by Gasteiger charge is -2.25. The van der Waals surface area contributed by atoms with Crippen LogP contribution in [0.5, 0.6) is 0 Å². The molecule has 1 atom stereocenters. The molecule has 2 aromatic carbocycles. The van der Waals surface area contributed by atoms with E-state index in [0.717, 1.165) is 16.8 Å². The van der Waals surface area contributed by atoms with Gasteiger partial charge in [0.2, 0.25) is 5.91 Å². The van der Waals surface area contributed by atoms with Crippen molar-refractivity contribution in [1.29, 1.82) is 0 Å². The van der Waals surface area contributed by atoms with Gasteiger partial charge in [0.1, 0.15) is 5.37 Å². The molecule has 1 unspecified atom stereocenters. The number of rotatable bonds is 2. The molecule has 1 saturated heterocycles. The molecule has 1 heterocycles. The zero-order valence-corrected chi connectivity index (χ0v) is 13.7. The lowest BCUT2D eigenvalue weighted by atomic mass is 10.1. The number of halogens is 2. The first-order valence-electron chi connectivity index (χ1n) is 6.52. The van der Waals surface area contributed by atoms with Crippen molar-refractivity contribution in [1.82, 2.24) is 0 Å². The Morgan fingerprint density at radius 3 is 2.71 bits per heavy atom. The van der Waals surface area contributed by atoms with Gasteiger partial charge < -0.3 is 0 Å². The van der Waals surface area contributed by atoms with E-state index < -0.39 is 0 Å². The average molecular weight is 338 g/mol. The largest absolute Gasteiger partial charge is 0.295 e. The van der Waals surface area contributed by atoms with Crippen LogP contribution in [-0.4, -0.2) is 11.7 Å². The summed E-state index contributed by atoms with van der Waals surface area (Å²) in [7, 11) is 0. The molecule has 0 saturated carbocycles. The second-order valence-corrected chi connectivity index (χ2v) is 6.76. The highest BCUT2D eigenvalue weighted by atomic mass is 35.5. The number of carbonyl (C=O) groups excluding carboxylic acids is 1. The Hall–Kier alpha value is -1.16. The topological polar surface area (TPSA) is 20.3 Å². The van der Waals surface area contributed by atoms with Gasteiger partial charge in [-0.3, -0.25) is 9.69 Å². The molecule has 2 nitrogen and oxygen atoms in total. The maximum Gasteiger partial charge on any atom is 0.238 e. The van der Waals surface area contributed by atoms with E-state index >= 15 is 0 Å². The van der Waals surface area contributed by atoms with Gasteiger partial charge in [-0.1, -0.05) is 47.5 Å². The van der Waals surface area contributed by atoms with E-state index in [1.54, 1.807) is 22.7 Å². The van der Waals surface area contributed by atoms with Crippen LogP contribution >= 0.6 is 35.0 Å². The van der Waals surface area contributed by atoms with Crippen LogP contribution in [0, 0.1) is 6.92 Å². The van der Waals surface area contributed by atoms with Crippen LogP contribution in [-0.2, 0) is 4.79 Å². The summed E-state index contributed by atoms with van der Waals surface area (Å²) in [6.45, 7) is 2.01. The summed E-state index contributed by atoms with van der Waals surface area (Å²) in [5, 5.41) is 0.896. The summed E-state index contributed by atoms with van der Waals surface area (Å²) < 4.78 is 0. The predicted octanol–water partition coefficient (Wildman–Crippen LogP) is 5.08. The first-order valence-corrected chi connectivity index (χ1v) is 8.32. The van der Waals surface area contributed by atoms with E-state index in [2.05, 4.69) is 0 Å². The molecule has 1 aliphatic heterocycles. The fourth-order valence-corrected chi connectivity index (χ4v) is 4.10. The molecular weight excluding hydrogens is 325 g/mol. The van der Waals surface area contributed by atoms with Crippen molar-refractivity contribution < 1.29 is 4.79 Å². The van der Waals surface area contributed by atoms with Gasteiger partial charge in [0, 0.05) is 11.3 Å². The SMILES string of the molecule is Cc1cccc(N2C(=O)CSC2c2cccc(Cl)c2Cl)c1. The number of hydrogen-bond donors (Lipinski definition) is 0. The number of hydrogen-bond acceptors (Lipinski definition) is 2. The quantitative estimate of drug-likeness (QED) is 0.761. The third-order valence-electron chi connectivity index (χ3n) is 3.40. The molecular formula is C16H13Cl2NOS. The van der Waals surface area contributed by atoms with Gasteiger partial charge in [-0.2, -0.15) is 0 Å². The van der Waals surface area contributed by atoms with Gasteiger partial charge in [0.15, 0.2) is 0 Å². The van der Waals surface area contributed by atoms with E-state index in [9.17, 15) is 4.79 Å². The molecule has 21 heavy (non-hydrogen) atoms. The number of benzene rings is 2. The van der Waals surface area contributed by atoms with Gasteiger partial charge >= 0.3 is 0 Å². The molecule has 1 fully saturated rings. The molecule has 0 spiro atoms. The monoisotopic (exact) mass is 337 g/mol. The Kier molecular flexibility index (Phi) is 4.16. The van der Waals surface area contributed by atoms with Crippen LogP contribution in [0.4, 0.5) is 5.69 Å². The predicted molar refractivity (Wildman–Crippen MR) is 90.3 cm³/mol. The number of anilines is 1. The van der Waals surface area contributed by atoms with Crippen LogP contribution in [0.3, 0.4) is 0 Å².